The second-order valence-corrected chi connectivity index (χ2v) is 4.47. The van der Waals surface area contributed by atoms with Gasteiger partial charge in [-0.2, -0.15) is 4.98 Å². The van der Waals surface area contributed by atoms with Gasteiger partial charge in [0.05, 0.1) is 0 Å². The highest BCUT2D eigenvalue weighted by Gasteiger charge is 2.07. The molecule has 0 saturated carbocycles. The van der Waals surface area contributed by atoms with Crippen LogP contribution in [0.4, 0.5) is 10.1 Å². The molecule has 0 spiro atoms. The van der Waals surface area contributed by atoms with E-state index in [1.165, 1.54) is 12.1 Å². The predicted octanol–water partition coefficient (Wildman–Crippen LogP) is 3.63. The molecule has 0 radical (unpaired) electrons. The number of hydrogen-bond acceptors (Lipinski definition) is 4. The summed E-state index contributed by atoms with van der Waals surface area (Å²) in [7, 11) is 0. The Hall–Kier alpha value is -2.95. The van der Waals surface area contributed by atoms with E-state index in [2.05, 4.69) is 10.1 Å². The number of anilines is 1. The van der Waals surface area contributed by atoms with Crippen molar-refractivity contribution in [3.8, 4) is 11.4 Å². The van der Waals surface area contributed by atoms with Crippen LogP contribution >= 0.6 is 0 Å². The van der Waals surface area contributed by atoms with Crippen LogP contribution in [0.25, 0.3) is 23.5 Å². The molecule has 2 N–H and O–H groups in total. The van der Waals surface area contributed by atoms with Gasteiger partial charge in [-0.25, -0.2) is 4.39 Å². The molecule has 104 valence electrons. The first-order valence-electron chi connectivity index (χ1n) is 6.34. The number of hydrogen-bond donors (Lipinski definition) is 1. The number of nitrogen functional groups attached to an aromatic ring is 1. The molecule has 0 unspecified atom stereocenters. The maximum Gasteiger partial charge on any atom is 0.250 e. The molecule has 1 aromatic heterocycles. The molecular formula is C16H12FN3O. The van der Waals surface area contributed by atoms with E-state index < -0.39 is 0 Å². The van der Waals surface area contributed by atoms with Gasteiger partial charge in [0.2, 0.25) is 5.82 Å². The molecule has 3 aromatic rings. The van der Waals surface area contributed by atoms with Crippen molar-refractivity contribution in [3.05, 3.63) is 65.8 Å². The summed E-state index contributed by atoms with van der Waals surface area (Å²) in [6.45, 7) is 0. The highest BCUT2D eigenvalue weighted by Crippen LogP contribution is 2.17. The second kappa shape index (κ2) is 5.58. The zero-order valence-corrected chi connectivity index (χ0v) is 11.0. The fourth-order valence-electron chi connectivity index (χ4n) is 1.82. The second-order valence-electron chi connectivity index (χ2n) is 4.47. The lowest BCUT2D eigenvalue weighted by atomic mass is 10.2. The normalized spacial score (nSPS) is 11.1. The Morgan fingerprint density at radius 3 is 2.62 bits per heavy atom. The van der Waals surface area contributed by atoms with Gasteiger partial charge in [-0.1, -0.05) is 29.4 Å². The largest absolute Gasteiger partial charge is 0.399 e. The zero-order chi connectivity index (χ0) is 14.7. The average Bonchev–Trinajstić information content (AvgIpc) is 2.96. The molecule has 0 aliphatic carbocycles. The van der Waals surface area contributed by atoms with Crippen molar-refractivity contribution in [1.29, 1.82) is 0 Å². The summed E-state index contributed by atoms with van der Waals surface area (Å²) in [5.41, 5.74) is 7.87. The molecule has 0 aliphatic rings. The number of halogens is 1. The number of benzene rings is 2. The summed E-state index contributed by atoms with van der Waals surface area (Å²) in [5.74, 6) is 0.369. The SMILES string of the molecule is Nc1ccc(/C=C/c2nc(-c3cccc(F)c3)no2)cc1. The van der Waals surface area contributed by atoms with E-state index in [0.29, 0.717) is 23.0 Å². The fourth-order valence-corrected chi connectivity index (χ4v) is 1.82. The van der Waals surface area contributed by atoms with Gasteiger partial charge >= 0.3 is 0 Å². The van der Waals surface area contributed by atoms with Gasteiger partial charge in [-0.05, 0) is 35.9 Å². The van der Waals surface area contributed by atoms with E-state index in [9.17, 15) is 4.39 Å². The molecule has 5 heteroatoms. The maximum absolute atomic E-state index is 13.2. The first-order chi connectivity index (χ1) is 10.2. The standard InChI is InChI=1S/C16H12FN3O/c17-13-3-1-2-12(10-13)16-19-15(21-20-16)9-6-11-4-7-14(18)8-5-11/h1-10H,18H2/b9-6+. The Morgan fingerprint density at radius 1 is 1.05 bits per heavy atom. The third-order valence-corrected chi connectivity index (χ3v) is 2.88. The van der Waals surface area contributed by atoms with Crippen LogP contribution in [0.15, 0.2) is 53.1 Å². The summed E-state index contributed by atoms with van der Waals surface area (Å²) >= 11 is 0. The van der Waals surface area contributed by atoms with Crippen molar-refractivity contribution in [1.82, 2.24) is 10.1 Å². The average molecular weight is 281 g/mol. The molecule has 0 fully saturated rings. The van der Waals surface area contributed by atoms with Crippen LogP contribution in [0.3, 0.4) is 0 Å². The minimum atomic E-state index is -0.337. The molecule has 0 atom stereocenters. The highest BCUT2D eigenvalue weighted by molar-refractivity contribution is 5.67. The minimum absolute atomic E-state index is 0.337. The number of nitrogens with two attached hydrogens (primary N) is 1. The fraction of sp³-hybridized carbons (Fsp3) is 0. The van der Waals surface area contributed by atoms with Crippen molar-refractivity contribution in [2.75, 3.05) is 5.73 Å². The Morgan fingerprint density at radius 2 is 1.86 bits per heavy atom. The number of aromatic nitrogens is 2. The molecule has 2 aromatic carbocycles. The van der Waals surface area contributed by atoms with Crippen molar-refractivity contribution < 1.29 is 8.91 Å². The van der Waals surface area contributed by atoms with Crippen molar-refractivity contribution in [2.45, 2.75) is 0 Å². The lowest BCUT2D eigenvalue weighted by molar-refractivity contribution is 0.411. The molecule has 0 aliphatic heterocycles. The smallest absolute Gasteiger partial charge is 0.250 e. The Kier molecular flexibility index (Phi) is 3.47. The Balaban J connectivity index is 1.80. The zero-order valence-electron chi connectivity index (χ0n) is 11.0. The monoisotopic (exact) mass is 281 g/mol. The summed E-state index contributed by atoms with van der Waals surface area (Å²) in [6.07, 6.45) is 3.53. The molecule has 1 heterocycles. The van der Waals surface area contributed by atoms with Crippen LogP contribution in [0.1, 0.15) is 11.5 Å². The third-order valence-electron chi connectivity index (χ3n) is 2.88. The third kappa shape index (κ3) is 3.14. The molecule has 0 saturated heterocycles. The number of rotatable bonds is 3. The maximum atomic E-state index is 13.2. The first kappa shape index (κ1) is 13.1. The quantitative estimate of drug-likeness (QED) is 0.744. The van der Waals surface area contributed by atoms with E-state index in [-0.39, 0.29) is 5.82 Å². The molecule has 3 rings (SSSR count). The number of nitrogens with zero attached hydrogens (tertiary/aromatic N) is 2. The topological polar surface area (TPSA) is 64.9 Å². The molecule has 0 amide bonds. The highest BCUT2D eigenvalue weighted by atomic mass is 19.1. The summed E-state index contributed by atoms with van der Waals surface area (Å²) in [6, 6.07) is 13.4. The van der Waals surface area contributed by atoms with Gasteiger partial charge in [-0.15, -0.1) is 0 Å². The Bertz CT molecular complexity index is 778. The van der Waals surface area contributed by atoms with E-state index in [0.717, 1.165) is 5.56 Å². The first-order valence-corrected chi connectivity index (χ1v) is 6.34. The van der Waals surface area contributed by atoms with Crippen molar-refractivity contribution in [3.63, 3.8) is 0 Å². The van der Waals surface area contributed by atoms with Gasteiger partial charge < -0.3 is 10.3 Å². The van der Waals surface area contributed by atoms with Gasteiger partial charge in [0, 0.05) is 17.3 Å². The van der Waals surface area contributed by atoms with Gasteiger partial charge in [0.1, 0.15) is 5.82 Å². The van der Waals surface area contributed by atoms with E-state index in [1.54, 1.807) is 18.2 Å². The predicted molar refractivity (Wildman–Crippen MR) is 79.5 cm³/mol. The molecule has 21 heavy (non-hydrogen) atoms. The van der Waals surface area contributed by atoms with Crippen LogP contribution in [-0.2, 0) is 0 Å². The summed E-state index contributed by atoms with van der Waals surface area (Å²) < 4.78 is 18.3. The lowest BCUT2D eigenvalue weighted by Gasteiger charge is -1.93. The minimum Gasteiger partial charge on any atom is -0.399 e. The summed E-state index contributed by atoms with van der Waals surface area (Å²) in [4.78, 5) is 4.20. The van der Waals surface area contributed by atoms with Gasteiger partial charge in [0.25, 0.3) is 5.89 Å². The molecular weight excluding hydrogens is 269 g/mol. The summed E-state index contributed by atoms with van der Waals surface area (Å²) in [5, 5.41) is 3.83. The Labute approximate surface area is 120 Å². The van der Waals surface area contributed by atoms with E-state index >= 15 is 0 Å². The van der Waals surface area contributed by atoms with Gasteiger partial charge in [-0.3, -0.25) is 0 Å². The van der Waals surface area contributed by atoms with Crippen LogP contribution in [0.5, 0.6) is 0 Å². The van der Waals surface area contributed by atoms with E-state index in [1.807, 2.05) is 30.3 Å². The van der Waals surface area contributed by atoms with E-state index in [4.69, 9.17) is 10.3 Å². The van der Waals surface area contributed by atoms with Crippen molar-refractivity contribution in [2.24, 2.45) is 0 Å². The van der Waals surface area contributed by atoms with Gasteiger partial charge in [0.15, 0.2) is 0 Å². The van der Waals surface area contributed by atoms with Crippen LogP contribution < -0.4 is 5.73 Å². The van der Waals surface area contributed by atoms with Crippen LogP contribution in [0, 0.1) is 5.82 Å². The molecule has 4 nitrogen and oxygen atoms in total. The lowest BCUT2D eigenvalue weighted by Crippen LogP contribution is -1.83. The van der Waals surface area contributed by atoms with Crippen LogP contribution in [0.2, 0.25) is 0 Å². The van der Waals surface area contributed by atoms with Crippen molar-refractivity contribution >= 4 is 17.8 Å². The van der Waals surface area contributed by atoms with Crippen LogP contribution in [-0.4, -0.2) is 10.1 Å². The molecule has 0 bridgehead atoms.